The van der Waals surface area contributed by atoms with Gasteiger partial charge in [-0.05, 0) is 55.5 Å². The Balaban J connectivity index is 1.43. The van der Waals surface area contributed by atoms with E-state index in [0.29, 0.717) is 55.7 Å². The molecule has 1 aromatic heterocycles. The summed E-state index contributed by atoms with van der Waals surface area (Å²) in [6.45, 7) is 4.61. The van der Waals surface area contributed by atoms with Crippen molar-refractivity contribution in [2.45, 2.75) is 11.8 Å². The molecule has 0 bridgehead atoms. The fourth-order valence-electron chi connectivity index (χ4n) is 3.54. The van der Waals surface area contributed by atoms with Gasteiger partial charge in [-0.25, -0.2) is 18.4 Å². The minimum Gasteiger partial charge on any atom is -0.494 e. The lowest BCUT2D eigenvalue weighted by atomic mass is 10.2. The third-order valence-corrected chi connectivity index (χ3v) is 6.59. The van der Waals surface area contributed by atoms with E-state index in [1.54, 1.807) is 59.8 Å². The molecule has 0 spiro atoms. The number of rotatable bonds is 7. The van der Waals surface area contributed by atoms with Crippen LogP contribution in [0.25, 0.3) is 0 Å². The number of amides is 1. The highest BCUT2D eigenvalue weighted by Gasteiger charge is 2.24. The Hall–Kier alpha value is -3.66. The van der Waals surface area contributed by atoms with Crippen molar-refractivity contribution in [1.82, 2.24) is 14.9 Å². The molecule has 1 aliphatic rings. The smallest absolute Gasteiger partial charge is 0.261 e. The van der Waals surface area contributed by atoms with E-state index < -0.39 is 10.0 Å². The maximum atomic E-state index is 13.0. The van der Waals surface area contributed by atoms with Crippen LogP contribution in [0.15, 0.2) is 71.9 Å². The fourth-order valence-corrected chi connectivity index (χ4v) is 4.65. The first kappa shape index (κ1) is 22.5. The number of ether oxygens (including phenoxy) is 1. The minimum atomic E-state index is -3.86. The molecule has 2 heterocycles. The molecular weight excluding hydrogens is 442 g/mol. The molecule has 33 heavy (non-hydrogen) atoms. The normalized spacial score (nSPS) is 14.1. The molecule has 1 saturated heterocycles. The van der Waals surface area contributed by atoms with Crippen LogP contribution in [0.3, 0.4) is 0 Å². The van der Waals surface area contributed by atoms with Crippen LogP contribution in [0, 0.1) is 0 Å². The van der Waals surface area contributed by atoms with Crippen LogP contribution in [0.2, 0.25) is 0 Å². The van der Waals surface area contributed by atoms with Gasteiger partial charge >= 0.3 is 0 Å². The van der Waals surface area contributed by atoms with Crippen molar-refractivity contribution in [1.29, 1.82) is 0 Å². The molecule has 9 nitrogen and oxygen atoms in total. The Morgan fingerprint density at radius 3 is 2.36 bits per heavy atom. The van der Waals surface area contributed by atoms with Gasteiger partial charge in [0.05, 0.1) is 11.5 Å². The maximum Gasteiger partial charge on any atom is 0.261 e. The van der Waals surface area contributed by atoms with E-state index in [4.69, 9.17) is 4.74 Å². The zero-order valence-electron chi connectivity index (χ0n) is 18.2. The van der Waals surface area contributed by atoms with Gasteiger partial charge in [-0.2, -0.15) is 0 Å². The highest BCUT2D eigenvalue weighted by molar-refractivity contribution is 7.92. The average molecular weight is 468 g/mol. The molecule has 0 unspecified atom stereocenters. The fraction of sp³-hybridized carbons (Fsp3) is 0.261. The number of nitrogens with zero attached hydrogens (tertiary/aromatic N) is 4. The number of aromatic nitrogens is 2. The van der Waals surface area contributed by atoms with Gasteiger partial charge in [0.15, 0.2) is 0 Å². The summed E-state index contributed by atoms with van der Waals surface area (Å²) in [5.74, 6) is 1.09. The highest BCUT2D eigenvalue weighted by atomic mass is 32.2. The van der Waals surface area contributed by atoms with Crippen LogP contribution in [-0.2, 0) is 10.0 Å². The van der Waals surface area contributed by atoms with E-state index in [1.165, 1.54) is 12.1 Å². The van der Waals surface area contributed by atoms with E-state index in [2.05, 4.69) is 14.7 Å². The number of nitrogens with one attached hydrogen (secondary N) is 1. The lowest BCUT2D eigenvalue weighted by Gasteiger charge is -2.34. The Morgan fingerprint density at radius 2 is 1.70 bits per heavy atom. The third-order valence-electron chi connectivity index (χ3n) is 5.21. The number of sulfonamides is 1. The monoisotopic (exact) mass is 467 g/mol. The summed E-state index contributed by atoms with van der Waals surface area (Å²) in [5.41, 5.74) is 0.739. The molecule has 1 N–H and O–H groups in total. The van der Waals surface area contributed by atoms with Gasteiger partial charge in [-0.15, -0.1) is 0 Å². The number of carbonyl (C=O) groups is 1. The van der Waals surface area contributed by atoms with E-state index in [1.807, 2.05) is 11.8 Å². The summed E-state index contributed by atoms with van der Waals surface area (Å²) < 4.78 is 33.7. The number of benzene rings is 2. The van der Waals surface area contributed by atoms with Gasteiger partial charge in [0.1, 0.15) is 5.75 Å². The topological polar surface area (TPSA) is 105 Å². The van der Waals surface area contributed by atoms with Gasteiger partial charge in [0, 0.05) is 49.8 Å². The van der Waals surface area contributed by atoms with Crippen molar-refractivity contribution < 1.29 is 17.9 Å². The summed E-state index contributed by atoms with van der Waals surface area (Å²) in [6, 6.07) is 14.5. The van der Waals surface area contributed by atoms with Crippen molar-refractivity contribution in [2.24, 2.45) is 0 Å². The van der Waals surface area contributed by atoms with Crippen molar-refractivity contribution in [3.05, 3.63) is 72.6 Å². The Morgan fingerprint density at radius 1 is 1.00 bits per heavy atom. The lowest BCUT2D eigenvalue weighted by Crippen LogP contribution is -2.49. The summed E-state index contributed by atoms with van der Waals surface area (Å²) in [6.07, 6.45) is 3.38. The first-order chi connectivity index (χ1) is 16.0. The molecule has 1 aliphatic heterocycles. The number of carbonyl (C=O) groups excluding carboxylic acids is 1. The van der Waals surface area contributed by atoms with Crippen LogP contribution in [-0.4, -0.2) is 62.0 Å². The van der Waals surface area contributed by atoms with Crippen LogP contribution in [0.1, 0.15) is 17.3 Å². The molecule has 1 amide bonds. The summed E-state index contributed by atoms with van der Waals surface area (Å²) in [5, 5.41) is 0. The SMILES string of the molecule is CCOc1ccc(NS(=O)(=O)c2cccc(C(=O)N3CCN(c4ncccn4)CC3)c2)cc1. The third kappa shape index (κ3) is 5.40. The molecular formula is C23H25N5O4S. The van der Waals surface area contributed by atoms with Crippen LogP contribution in [0.5, 0.6) is 5.75 Å². The minimum absolute atomic E-state index is 0.0264. The number of anilines is 2. The van der Waals surface area contributed by atoms with E-state index in [9.17, 15) is 13.2 Å². The predicted molar refractivity (Wildman–Crippen MR) is 125 cm³/mol. The molecule has 2 aromatic carbocycles. The zero-order chi connectivity index (χ0) is 23.3. The Bertz CT molecular complexity index is 1200. The molecule has 0 atom stereocenters. The van der Waals surface area contributed by atoms with Gasteiger partial charge in [-0.3, -0.25) is 9.52 Å². The lowest BCUT2D eigenvalue weighted by molar-refractivity contribution is 0.0746. The van der Waals surface area contributed by atoms with E-state index in [-0.39, 0.29) is 10.8 Å². The Kier molecular flexibility index (Phi) is 6.74. The average Bonchev–Trinajstić information content (AvgIpc) is 2.85. The second kappa shape index (κ2) is 9.86. The quantitative estimate of drug-likeness (QED) is 0.570. The van der Waals surface area contributed by atoms with Gasteiger partial charge in [0.25, 0.3) is 15.9 Å². The molecule has 4 rings (SSSR count). The molecule has 0 saturated carbocycles. The van der Waals surface area contributed by atoms with E-state index in [0.717, 1.165) is 0 Å². The number of piperazine rings is 1. The first-order valence-corrected chi connectivity index (χ1v) is 12.1. The summed E-state index contributed by atoms with van der Waals surface area (Å²) in [7, 11) is -3.86. The molecule has 1 fully saturated rings. The molecule has 10 heteroatoms. The van der Waals surface area contributed by atoms with Gasteiger partial charge < -0.3 is 14.5 Å². The highest BCUT2D eigenvalue weighted by Crippen LogP contribution is 2.21. The number of hydrogen-bond acceptors (Lipinski definition) is 7. The molecule has 0 radical (unpaired) electrons. The van der Waals surface area contributed by atoms with Gasteiger partial charge in [-0.1, -0.05) is 6.07 Å². The number of hydrogen-bond donors (Lipinski definition) is 1. The van der Waals surface area contributed by atoms with Crippen molar-refractivity contribution in [3.63, 3.8) is 0 Å². The van der Waals surface area contributed by atoms with E-state index >= 15 is 0 Å². The largest absolute Gasteiger partial charge is 0.494 e. The second-order valence-electron chi connectivity index (χ2n) is 7.42. The molecule has 3 aromatic rings. The predicted octanol–water partition coefficient (Wildman–Crippen LogP) is 2.64. The standard InChI is InChI=1S/C23H25N5O4S/c1-2-32-20-9-7-19(8-10-20)26-33(30,31)21-6-3-5-18(17-21)22(29)27-13-15-28(16-14-27)23-24-11-4-12-25-23/h3-12,17,26H,2,13-16H2,1H3. The van der Waals surface area contributed by atoms with Gasteiger partial charge in [0.2, 0.25) is 5.95 Å². The molecule has 0 aliphatic carbocycles. The van der Waals surface area contributed by atoms with Crippen LogP contribution in [0.4, 0.5) is 11.6 Å². The van der Waals surface area contributed by atoms with Crippen LogP contribution >= 0.6 is 0 Å². The zero-order valence-corrected chi connectivity index (χ0v) is 19.0. The van der Waals surface area contributed by atoms with Crippen molar-refractivity contribution >= 4 is 27.6 Å². The second-order valence-corrected chi connectivity index (χ2v) is 9.10. The van der Waals surface area contributed by atoms with Crippen molar-refractivity contribution in [2.75, 3.05) is 42.4 Å². The van der Waals surface area contributed by atoms with Crippen molar-refractivity contribution in [3.8, 4) is 5.75 Å². The van der Waals surface area contributed by atoms with Crippen LogP contribution < -0.4 is 14.4 Å². The first-order valence-electron chi connectivity index (χ1n) is 10.6. The Labute approximate surface area is 193 Å². The molecule has 172 valence electrons. The summed E-state index contributed by atoms with van der Waals surface area (Å²) in [4.78, 5) is 25.3. The summed E-state index contributed by atoms with van der Waals surface area (Å²) >= 11 is 0. The maximum absolute atomic E-state index is 13.0.